The second-order valence-electron chi connectivity index (χ2n) is 4.36. The fourth-order valence-electron chi connectivity index (χ4n) is 1.88. The largest absolute Gasteiger partial charge is 0.364 e. The highest BCUT2D eigenvalue weighted by Crippen LogP contribution is 2.31. The van der Waals surface area contributed by atoms with Gasteiger partial charge in [0.25, 0.3) is 0 Å². The van der Waals surface area contributed by atoms with E-state index in [2.05, 4.69) is 19.9 Å². The third-order valence-corrected chi connectivity index (χ3v) is 4.44. The summed E-state index contributed by atoms with van der Waals surface area (Å²) >= 11 is 0. The molecule has 0 aliphatic heterocycles. The number of hydrogen-bond acceptors (Lipinski definition) is 1. The van der Waals surface area contributed by atoms with Gasteiger partial charge in [-0.15, -0.1) is 0 Å². The van der Waals surface area contributed by atoms with E-state index in [1.807, 2.05) is 48.5 Å². The van der Waals surface area contributed by atoms with Crippen molar-refractivity contribution in [1.82, 2.24) is 0 Å². The van der Waals surface area contributed by atoms with Gasteiger partial charge in [-0.1, -0.05) is 68.4 Å². The van der Waals surface area contributed by atoms with Gasteiger partial charge in [-0.05, 0) is 11.5 Å². The van der Waals surface area contributed by atoms with Crippen molar-refractivity contribution in [3.63, 3.8) is 0 Å². The van der Waals surface area contributed by atoms with Crippen LogP contribution in [0.25, 0.3) is 0 Å². The first-order valence-corrected chi connectivity index (χ1v) is 7.12. The average Bonchev–Trinajstić information content (AvgIpc) is 2.39. The molecule has 0 aromatic heterocycles. The highest BCUT2D eigenvalue weighted by molar-refractivity contribution is 7.67. The maximum Gasteiger partial charge on any atom is 0.0880 e. The van der Waals surface area contributed by atoms with Crippen LogP contribution in [0, 0.1) is 0 Å². The molecule has 1 unspecified atom stereocenters. The van der Waals surface area contributed by atoms with Gasteiger partial charge in [-0.25, -0.2) is 0 Å². The van der Waals surface area contributed by atoms with Crippen LogP contribution < -0.4 is 10.6 Å². The topological polar surface area (TPSA) is 20.2 Å². The van der Waals surface area contributed by atoms with Gasteiger partial charge in [0.15, 0.2) is 0 Å². The smallest absolute Gasteiger partial charge is 0.0880 e. The van der Waals surface area contributed by atoms with Crippen molar-refractivity contribution in [2.24, 2.45) is 0 Å². The Balaban J connectivity index is 0.00000162. The Morgan fingerprint density at radius 2 is 1.44 bits per heavy atom. The number of hydrogen-bond donors (Lipinski definition) is 1. The summed E-state index contributed by atoms with van der Waals surface area (Å²) in [7, 11) is -1.22. The van der Waals surface area contributed by atoms with E-state index in [0.717, 1.165) is 10.6 Å². The third kappa shape index (κ3) is 3.22. The van der Waals surface area contributed by atoms with Gasteiger partial charge in [0.05, 0.1) is 8.15 Å². The molecule has 0 saturated carbocycles. The molecule has 3 heteroatoms. The van der Waals surface area contributed by atoms with Crippen molar-refractivity contribution in [1.29, 1.82) is 0 Å². The van der Waals surface area contributed by atoms with E-state index in [1.165, 1.54) is 5.56 Å². The summed E-state index contributed by atoms with van der Waals surface area (Å²) in [6, 6.07) is 18.1. The van der Waals surface area contributed by atoms with Crippen LogP contribution in [0.5, 0.6) is 0 Å². The van der Waals surface area contributed by atoms with Gasteiger partial charge in [-0.3, -0.25) is 0 Å². The van der Waals surface area contributed by atoms with Gasteiger partial charge in [0.1, 0.15) is 0 Å². The van der Waals surface area contributed by atoms with Gasteiger partial charge >= 0.3 is 0 Å². The molecule has 1 N–H and O–H groups in total. The molecule has 2 rings (SSSR count). The summed E-state index contributed by atoms with van der Waals surface area (Å²) in [6.07, 6.45) is 0. The predicted molar refractivity (Wildman–Crippen MR) is 81.1 cm³/mol. The van der Waals surface area contributed by atoms with Crippen LogP contribution in [0.1, 0.15) is 25.3 Å². The first kappa shape index (κ1) is 15.0. The Kier molecular flexibility index (Phi) is 5.59. The minimum Gasteiger partial charge on any atom is -0.364 e. The van der Waals surface area contributed by atoms with Gasteiger partial charge in [0.2, 0.25) is 0 Å². The molecule has 0 saturated heterocycles. The first-order valence-electron chi connectivity index (χ1n) is 5.83. The van der Waals surface area contributed by atoms with Crippen molar-refractivity contribution < 1.29 is 4.89 Å². The van der Waals surface area contributed by atoms with Crippen LogP contribution in [0.15, 0.2) is 54.6 Å². The van der Waals surface area contributed by atoms with Crippen LogP contribution >= 0.6 is 8.15 Å². The molecule has 2 aromatic rings. The molecule has 0 fully saturated rings. The molecule has 0 amide bonds. The zero-order chi connectivity index (χ0) is 12.3. The van der Waals surface area contributed by atoms with Crippen LogP contribution in [-0.2, 0) is 0 Å². The SMILES string of the molecule is CC(C)c1ccccc1P(O)c1ccccc1.[B]. The summed E-state index contributed by atoms with van der Waals surface area (Å²) in [5, 5.41) is 2.08. The van der Waals surface area contributed by atoms with E-state index in [0.29, 0.717) is 5.92 Å². The molecule has 91 valence electrons. The van der Waals surface area contributed by atoms with Gasteiger partial charge in [-0.2, -0.15) is 0 Å². The van der Waals surface area contributed by atoms with E-state index < -0.39 is 8.15 Å². The summed E-state index contributed by atoms with van der Waals surface area (Å²) in [5.41, 5.74) is 1.24. The standard InChI is InChI=1S/C15H17OP.B/c1-12(2)14-10-6-7-11-15(14)17(16)13-8-4-3-5-9-13;/h3-12,16H,1-2H3;. The molecule has 0 spiro atoms. The van der Waals surface area contributed by atoms with Crippen LogP contribution in [0.3, 0.4) is 0 Å². The lowest BCUT2D eigenvalue weighted by Crippen LogP contribution is -2.16. The second kappa shape index (κ2) is 6.73. The van der Waals surface area contributed by atoms with Crippen molar-refractivity contribution in [2.45, 2.75) is 19.8 Å². The summed E-state index contributed by atoms with van der Waals surface area (Å²) in [5.74, 6) is 0.437. The molecule has 1 nitrogen and oxygen atoms in total. The Morgan fingerprint density at radius 1 is 0.889 bits per heavy atom. The second-order valence-corrected chi connectivity index (χ2v) is 5.98. The number of benzene rings is 2. The Labute approximate surface area is 112 Å². The summed E-state index contributed by atoms with van der Waals surface area (Å²) < 4.78 is 0. The molecule has 0 aliphatic rings. The minimum absolute atomic E-state index is 0. The molecule has 0 bridgehead atoms. The zero-order valence-electron chi connectivity index (χ0n) is 10.7. The first-order chi connectivity index (χ1) is 8.20. The van der Waals surface area contributed by atoms with Crippen molar-refractivity contribution in [3.8, 4) is 0 Å². The molecular formula is C15H17BOP. The van der Waals surface area contributed by atoms with Crippen LogP contribution in [0.2, 0.25) is 0 Å². The fraction of sp³-hybridized carbons (Fsp3) is 0.200. The normalized spacial score (nSPS) is 12.0. The molecular weight excluding hydrogens is 238 g/mol. The lowest BCUT2D eigenvalue weighted by atomic mass is 10.0. The predicted octanol–water partition coefficient (Wildman–Crippen LogP) is 2.77. The fourth-order valence-corrected chi connectivity index (χ4v) is 3.41. The molecule has 3 radical (unpaired) electrons. The lowest BCUT2D eigenvalue weighted by Gasteiger charge is -2.17. The maximum absolute atomic E-state index is 10.5. The Morgan fingerprint density at radius 3 is 2.06 bits per heavy atom. The van der Waals surface area contributed by atoms with Crippen LogP contribution in [-0.4, -0.2) is 13.3 Å². The van der Waals surface area contributed by atoms with E-state index in [4.69, 9.17) is 0 Å². The quantitative estimate of drug-likeness (QED) is 0.660. The van der Waals surface area contributed by atoms with Gasteiger partial charge in [0, 0.05) is 19.0 Å². The molecule has 0 heterocycles. The molecule has 2 aromatic carbocycles. The third-order valence-electron chi connectivity index (χ3n) is 2.79. The Hall–Kier alpha value is -1.11. The number of rotatable bonds is 3. The maximum atomic E-state index is 10.5. The summed E-state index contributed by atoms with van der Waals surface area (Å²) in [6.45, 7) is 4.32. The highest BCUT2D eigenvalue weighted by Gasteiger charge is 2.15. The van der Waals surface area contributed by atoms with E-state index in [-0.39, 0.29) is 8.41 Å². The molecule has 0 aliphatic carbocycles. The van der Waals surface area contributed by atoms with E-state index >= 15 is 0 Å². The lowest BCUT2D eigenvalue weighted by molar-refractivity contribution is 0.644. The monoisotopic (exact) mass is 255 g/mol. The van der Waals surface area contributed by atoms with E-state index in [1.54, 1.807) is 0 Å². The van der Waals surface area contributed by atoms with Crippen molar-refractivity contribution >= 4 is 27.2 Å². The molecule has 18 heavy (non-hydrogen) atoms. The Bertz CT molecular complexity index is 485. The zero-order valence-corrected chi connectivity index (χ0v) is 11.6. The van der Waals surface area contributed by atoms with Crippen LogP contribution in [0.4, 0.5) is 0 Å². The van der Waals surface area contributed by atoms with Crippen molar-refractivity contribution in [3.05, 3.63) is 60.2 Å². The van der Waals surface area contributed by atoms with E-state index in [9.17, 15) is 4.89 Å². The average molecular weight is 255 g/mol. The molecule has 1 atom stereocenters. The highest BCUT2D eigenvalue weighted by atomic mass is 31.1. The van der Waals surface area contributed by atoms with Crippen molar-refractivity contribution in [2.75, 3.05) is 0 Å². The van der Waals surface area contributed by atoms with Gasteiger partial charge < -0.3 is 4.89 Å². The minimum atomic E-state index is -1.22. The summed E-state index contributed by atoms with van der Waals surface area (Å²) in [4.78, 5) is 10.5.